The first-order chi connectivity index (χ1) is 21.8. The van der Waals surface area contributed by atoms with E-state index in [1.165, 1.54) is 0 Å². The van der Waals surface area contributed by atoms with E-state index in [9.17, 15) is 14.7 Å². The van der Waals surface area contributed by atoms with Gasteiger partial charge in [-0.25, -0.2) is 4.79 Å². The maximum atomic E-state index is 13.6. The zero-order chi connectivity index (χ0) is 30.8. The molecule has 0 aliphatic carbocycles. The summed E-state index contributed by atoms with van der Waals surface area (Å²) in [5, 5.41) is 17.4. The number of nitrogens with zero attached hydrogens (tertiary/aromatic N) is 3. The molecule has 0 saturated carbocycles. The van der Waals surface area contributed by atoms with Crippen molar-refractivity contribution in [3.8, 4) is 5.75 Å². The smallest absolute Gasteiger partial charge is 0.410 e. The number of methoxy groups -OCH3 is 1. The number of carbonyl (C=O) groups is 2. The van der Waals surface area contributed by atoms with Crippen LogP contribution in [0.3, 0.4) is 0 Å². The van der Waals surface area contributed by atoms with E-state index in [0.717, 1.165) is 43.6 Å². The van der Waals surface area contributed by atoms with Crippen LogP contribution in [0.15, 0.2) is 78.9 Å². The summed E-state index contributed by atoms with van der Waals surface area (Å²) in [5.41, 5.74) is 3.38. The van der Waals surface area contributed by atoms with Gasteiger partial charge in [0, 0.05) is 47.7 Å². The van der Waals surface area contributed by atoms with Crippen molar-refractivity contribution < 1.29 is 28.9 Å². The Morgan fingerprint density at radius 2 is 1.64 bits per heavy atom. The summed E-state index contributed by atoms with van der Waals surface area (Å²) >= 11 is 0. The second-order valence-electron chi connectivity index (χ2n) is 12.2. The summed E-state index contributed by atoms with van der Waals surface area (Å²) < 4.78 is 23.5. The van der Waals surface area contributed by atoms with Gasteiger partial charge in [-0.15, -0.1) is 0 Å². The van der Waals surface area contributed by atoms with E-state index in [-0.39, 0.29) is 5.91 Å². The third kappa shape index (κ3) is 3.28. The lowest BCUT2D eigenvalue weighted by molar-refractivity contribution is -0.264. The van der Waals surface area contributed by atoms with Crippen LogP contribution >= 0.6 is 0 Å². The maximum Gasteiger partial charge on any atom is 0.415 e. The zero-order valence-corrected chi connectivity index (χ0v) is 24.9. The molecule has 1 fully saturated rings. The number of likely N-dealkylation sites (N-methyl/N-ethyl adjacent to an activating group) is 1. The van der Waals surface area contributed by atoms with Gasteiger partial charge in [0.1, 0.15) is 18.1 Å². The van der Waals surface area contributed by atoms with Gasteiger partial charge < -0.3 is 38.7 Å². The van der Waals surface area contributed by atoms with E-state index in [4.69, 9.17) is 14.2 Å². The van der Waals surface area contributed by atoms with Crippen LogP contribution in [0.1, 0.15) is 41.7 Å². The number of carbonyl (C=O) groups excluding carboxylic acids is 2. The van der Waals surface area contributed by atoms with Crippen molar-refractivity contribution in [2.45, 2.75) is 43.7 Å². The minimum Gasteiger partial charge on any atom is -0.410 e. The van der Waals surface area contributed by atoms with E-state index < -0.39 is 36.4 Å². The van der Waals surface area contributed by atoms with Gasteiger partial charge in [-0.1, -0.05) is 54.6 Å². The number of para-hydroxylation sites is 3. The van der Waals surface area contributed by atoms with Crippen LogP contribution in [-0.2, 0) is 15.2 Å². The van der Waals surface area contributed by atoms with E-state index in [1.807, 2.05) is 73.7 Å². The number of benzene rings is 4. The van der Waals surface area contributed by atoms with Crippen molar-refractivity contribution in [1.82, 2.24) is 19.4 Å². The molecule has 2 aromatic heterocycles. The molecule has 10 nitrogen and oxygen atoms in total. The Morgan fingerprint density at radius 3 is 2.38 bits per heavy atom. The van der Waals surface area contributed by atoms with Crippen molar-refractivity contribution >= 4 is 55.6 Å². The van der Waals surface area contributed by atoms with Crippen molar-refractivity contribution in [2.24, 2.45) is 0 Å². The Hall–Kier alpha value is -4.90. The lowest BCUT2D eigenvalue weighted by Crippen LogP contribution is -2.61. The highest BCUT2D eigenvalue weighted by atomic mass is 16.6. The molecular weight excluding hydrogens is 572 g/mol. The number of aliphatic hydroxyl groups is 1. The molecule has 45 heavy (non-hydrogen) atoms. The Morgan fingerprint density at radius 1 is 0.978 bits per heavy atom. The van der Waals surface area contributed by atoms with Gasteiger partial charge in [-0.2, -0.15) is 0 Å². The van der Waals surface area contributed by atoms with Crippen molar-refractivity contribution in [1.29, 1.82) is 0 Å². The molecule has 1 saturated heterocycles. The lowest BCUT2D eigenvalue weighted by Gasteiger charge is -2.50. The molecular formula is C35H30N4O6. The van der Waals surface area contributed by atoms with Gasteiger partial charge in [0.05, 0.1) is 33.7 Å². The number of ether oxygens (including phenoxy) is 3. The van der Waals surface area contributed by atoms with Gasteiger partial charge in [0.2, 0.25) is 0 Å². The topological polar surface area (TPSA) is 107 Å². The Labute approximate surface area is 257 Å². The fraction of sp³-hybridized carbons (Fsp3) is 0.257. The first-order valence-electron chi connectivity index (χ1n) is 15.0. The normalized spacial score (nSPS) is 25.2. The maximum absolute atomic E-state index is 13.6. The fourth-order valence-corrected chi connectivity index (χ4v) is 8.23. The molecule has 0 spiro atoms. The van der Waals surface area contributed by atoms with Crippen LogP contribution in [0, 0.1) is 0 Å². The van der Waals surface area contributed by atoms with Crippen molar-refractivity contribution in [3.05, 3.63) is 90.0 Å². The summed E-state index contributed by atoms with van der Waals surface area (Å²) in [6.45, 7) is 2.00. The highest BCUT2D eigenvalue weighted by Gasteiger charge is 2.55. The molecule has 5 heterocycles. The number of rotatable bonds is 3. The fourth-order valence-electron chi connectivity index (χ4n) is 8.23. The molecule has 3 aliphatic rings. The van der Waals surface area contributed by atoms with Gasteiger partial charge >= 0.3 is 6.09 Å². The van der Waals surface area contributed by atoms with E-state index in [0.29, 0.717) is 23.3 Å². The first kappa shape index (κ1) is 26.5. The Balaban J connectivity index is 1.38. The third-order valence-corrected chi connectivity index (χ3v) is 9.98. The summed E-state index contributed by atoms with van der Waals surface area (Å²) in [6, 6.07) is 24.5. The van der Waals surface area contributed by atoms with Crippen LogP contribution in [-0.4, -0.2) is 57.4 Å². The highest BCUT2D eigenvalue weighted by Crippen LogP contribution is 2.55. The monoisotopic (exact) mass is 602 g/mol. The average molecular weight is 603 g/mol. The molecule has 2 bridgehead atoms. The van der Waals surface area contributed by atoms with Gasteiger partial charge in [-0.05, 0) is 31.2 Å². The predicted octanol–water partition coefficient (Wildman–Crippen LogP) is 5.76. The number of aliphatic hydroxyl groups excluding tert-OH is 1. The molecule has 2 N–H and O–H groups in total. The van der Waals surface area contributed by atoms with Crippen LogP contribution < -0.4 is 10.1 Å². The number of amides is 2. The molecule has 9 rings (SSSR count). The SMILES string of the molecule is CO[C@@H]1[C@H](N(C)C(=O)Oc2ccccc2)C[C@H]2O[C@]1(C)n1c3ccccc3c3c4c(c5c6ccccc6n2c5c31)C(=O)NC4O. The molecule has 0 radical (unpaired) electrons. The number of nitrogens with one attached hydrogen (secondary N) is 1. The van der Waals surface area contributed by atoms with Gasteiger partial charge in [-0.3, -0.25) is 4.79 Å². The number of hydrogen-bond acceptors (Lipinski definition) is 6. The van der Waals surface area contributed by atoms with Crippen molar-refractivity contribution in [2.75, 3.05) is 14.2 Å². The molecule has 6 aromatic rings. The molecule has 3 aliphatic heterocycles. The number of hydrogen-bond donors (Lipinski definition) is 2. The molecule has 1 unspecified atom stereocenters. The van der Waals surface area contributed by atoms with Gasteiger partial charge in [0.15, 0.2) is 12.0 Å². The molecule has 2 amide bonds. The molecule has 5 atom stereocenters. The van der Waals surface area contributed by atoms with E-state index >= 15 is 0 Å². The minimum atomic E-state index is -1.17. The van der Waals surface area contributed by atoms with Crippen molar-refractivity contribution in [3.63, 3.8) is 0 Å². The van der Waals surface area contributed by atoms with Crippen LogP contribution in [0.25, 0.3) is 43.6 Å². The Kier molecular flexibility index (Phi) is 5.34. The van der Waals surface area contributed by atoms with E-state index in [2.05, 4.69) is 14.5 Å². The second kappa shape index (κ2) is 9.07. The Bertz CT molecular complexity index is 2240. The molecule has 10 heteroatoms. The first-order valence-corrected chi connectivity index (χ1v) is 15.0. The van der Waals surface area contributed by atoms with Crippen LogP contribution in [0.5, 0.6) is 5.75 Å². The number of fused-ring (bicyclic) bond motifs is 13. The molecule has 4 aromatic carbocycles. The summed E-state index contributed by atoms with van der Waals surface area (Å²) in [6.07, 6.45) is -2.42. The average Bonchev–Trinajstić information content (AvgIpc) is 3.65. The van der Waals surface area contributed by atoms with Crippen LogP contribution in [0.4, 0.5) is 4.79 Å². The molecule has 226 valence electrons. The third-order valence-electron chi connectivity index (χ3n) is 9.98. The highest BCUT2D eigenvalue weighted by molar-refractivity contribution is 6.31. The van der Waals surface area contributed by atoms with E-state index in [1.54, 1.807) is 31.2 Å². The lowest BCUT2D eigenvalue weighted by atomic mass is 9.92. The quantitative estimate of drug-likeness (QED) is 0.267. The number of aromatic nitrogens is 2. The zero-order valence-electron chi connectivity index (χ0n) is 24.9. The predicted molar refractivity (Wildman–Crippen MR) is 168 cm³/mol. The standard InChI is InChI=1S/C35H30N4O6/c1-35-31(43-3)23(37(2)34(42)44-18-11-5-4-6-12-18)17-24(45-35)38-21-15-9-7-13-19(21)25-27-28(33(41)36-32(27)40)26-20-14-8-10-16-22(20)39(35)30(26)29(25)38/h4-16,23-24,31,33,41H,17H2,1-3H3,(H,36,40)/t23-,24-,31-,33?,35+/m1/s1. The summed E-state index contributed by atoms with van der Waals surface area (Å²) in [7, 11) is 3.37. The minimum absolute atomic E-state index is 0.311. The summed E-state index contributed by atoms with van der Waals surface area (Å²) in [5.74, 6) is 0.142. The second-order valence-corrected chi connectivity index (χ2v) is 12.2. The van der Waals surface area contributed by atoms with Crippen LogP contribution in [0.2, 0.25) is 0 Å². The summed E-state index contributed by atoms with van der Waals surface area (Å²) in [4.78, 5) is 28.8. The largest absolute Gasteiger partial charge is 0.415 e. The van der Waals surface area contributed by atoms with Gasteiger partial charge in [0.25, 0.3) is 5.91 Å².